The lowest BCUT2D eigenvalue weighted by atomic mass is 10.1. The summed E-state index contributed by atoms with van der Waals surface area (Å²) < 4.78 is 9.62. The highest BCUT2D eigenvalue weighted by molar-refractivity contribution is 7.15. The standard InChI is InChI=1S/C10H16N2O3S/c1-6(5-14-2)4-7-12-8(9(11)16-7)10(13)15-3/h6H,4-5,11H2,1-3H3. The van der Waals surface area contributed by atoms with E-state index in [-0.39, 0.29) is 5.69 Å². The van der Waals surface area contributed by atoms with E-state index in [4.69, 9.17) is 10.5 Å². The number of nitrogens with zero attached hydrogens (tertiary/aromatic N) is 1. The van der Waals surface area contributed by atoms with Gasteiger partial charge in [-0.15, -0.1) is 11.3 Å². The molecule has 0 aliphatic carbocycles. The number of carbonyl (C=O) groups is 1. The summed E-state index contributed by atoms with van der Waals surface area (Å²) in [6.07, 6.45) is 0.750. The summed E-state index contributed by atoms with van der Waals surface area (Å²) in [5, 5.41) is 1.24. The first kappa shape index (κ1) is 12.9. The molecule has 1 atom stereocenters. The van der Waals surface area contributed by atoms with E-state index in [1.807, 2.05) is 0 Å². The molecule has 6 heteroatoms. The molecule has 1 unspecified atom stereocenters. The molecule has 0 radical (unpaired) electrons. The first-order valence-corrected chi connectivity index (χ1v) is 5.72. The van der Waals surface area contributed by atoms with Gasteiger partial charge in [0.1, 0.15) is 5.00 Å². The van der Waals surface area contributed by atoms with E-state index in [1.54, 1.807) is 7.11 Å². The van der Waals surface area contributed by atoms with Gasteiger partial charge >= 0.3 is 5.97 Å². The Kier molecular flexibility index (Phi) is 4.70. The van der Waals surface area contributed by atoms with Gasteiger partial charge in [0.15, 0.2) is 5.69 Å². The van der Waals surface area contributed by atoms with Gasteiger partial charge in [-0.05, 0) is 5.92 Å². The number of nitrogens with two attached hydrogens (primary N) is 1. The van der Waals surface area contributed by atoms with Crippen LogP contribution in [0.3, 0.4) is 0 Å². The maximum atomic E-state index is 11.3. The Morgan fingerprint density at radius 1 is 1.56 bits per heavy atom. The van der Waals surface area contributed by atoms with Crippen LogP contribution in [0.15, 0.2) is 0 Å². The summed E-state index contributed by atoms with van der Waals surface area (Å²) in [6, 6.07) is 0. The summed E-state index contributed by atoms with van der Waals surface area (Å²) in [5.41, 5.74) is 5.91. The molecule has 0 bridgehead atoms. The van der Waals surface area contributed by atoms with Crippen LogP contribution < -0.4 is 5.73 Å². The first-order valence-electron chi connectivity index (χ1n) is 4.90. The molecule has 5 nitrogen and oxygen atoms in total. The molecule has 0 fully saturated rings. The average Bonchev–Trinajstić information content (AvgIpc) is 2.58. The zero-order valence-electron chi connectivity index (χ0n) is 9.65. The number of hydrogen-bond donors (Lipinski definition) is 1. The lowest BCUT2D eigenvalue weighted by Gasteiger charge is -2.06. The van der Waals surface area contributed by atoms with Crippen molar-refractivity contribution in [1.29, 1.82) is 0 Å². The third-order valence-electron chi connectivity index (χ3n) is 2.05. The number of carbonyl (C=O) groups excluding carboxylic acids is 1. The van der Waals surface area contributed by atoms with Gasteiger partial charge in [0, 0.05) is 20.1 Å². The summed E-state index contributed by atoms with van der Waals surface area (Å²) in [4.78, 5) is 15.4. The maximum absolute atomic E-state index is 11.3. The number of ether oxygens (including phenoxy) is 2. The van der Waals surface area contributed by atoms with Crippen molar-refractivity contribution in [2.45, 2.75) is 13.3 Å². The molecule has 0 spiro atoms. The fourth-order valence-electron chi connectivity index (χ4n) is 1.35. The molecule has 1 rings (SSSR count). The van der Waals surface area contributed by atoms with E-state index in [0.29, 0.717) is 17.5 Å². The van der Waals surface area contributed by atoms with Gasteiger partial charge in [0.2, 0.25) is 0 Å². The molecule has 0 aliphatic heterocycles. The number of methoxy groups -OCH3 is 2. The zero-order chi connectivity index (χ0) is 12.1. The normalized spacial score (nSPS) is 12.4. The minimum absolute atomic E-state index is 0.215. The van der Waals surface area contributed by atoms with Crippen LogP contribution in [0.2, 0.25) is 0 Å². The molecule has 0 amide bonds. The molecule has 0 aromatic carbocycles. The van der Waals surface area contributed by atoms with Crippen LogP contribution >= 0.6 is 11.3 Å². The summed E-state index contributed by atoms with van der Waals surface area (Å²) in [7, 11) is 2.97. The summed E-state index contributed by atoms with van der Waals surface area (Å²) >= 11 is 1.32. The van der Waals surface area contributed by atoms with Crippen molar-refractivity contribution < 1.29 is 14.3 Å². The van der Waals surface area contributed by atoms with Crippen LogP contribution in [0.1, 0.15) is 22.4 Å². The molecule has 1 heterocycles. The molecule has 2 N–H and O–H groups in total. The molecule has 0 saturated heterocycles. The first-order chi connectivity index (χ1) is 7.58. The van der Waals surface area contributed by atoms with Crippen LogP contribution in [0.5, 0.6) is 0 Å². The Balaban J connectivity index is 2.73. The summed E-state index contributed by atoms with van der Waals surface area (Å²) in [5.74, 6) is -0.138. The number of thiazole rings is 1. The van der Waals surface area contributed by atoms with Crippen LogP contribution in [0, 0.1) is 5.92 Å². The van der Waals surface area contributed by atoms with E-state index in [0.717, 1.165) is 11.4 Å². The lowest BCUT2D eigenvalue weighted by Crippen LogP contribution is -2.08. The van der Waals surface area contributed by atoms with Crippen molar-refractivity contribution in [3.63, 3.8) is 0 Å². The number of hydrogen-bond acceptors (Lipinski definition) is 6. The number of rotatable bonds is 5. The van der Waals surface area contributed by atoms with Crippen LogP contribution in [0.4, 0.5) is 5.00 Å². The quantitative estimate of drug-likeness (QED) is 0.791. The highest BCUT2D eigenvalue weighted by Crippen LogP contribution is 2.23. The van der Waals surface area contributed by atoms with Crippen molar-refractivity contribution in [3.05, 3.63) is 10.7 Å². The van der Waals surface area contributed by atoms with Crippen molar-refractivity contribution >= 4 is 22.3 Å². The van der Waals surface area contributed by atoms with Crippen molar-refractivity contribution in [2.75, 3.05) is 26.6 Å². The Morgan fingerprint density at radius 2 is 2.25 bits per heavy atom. The van der Waals surface area contributed by atoms with Gasteiger partial charge in [-0.1, -0.05) is 6.92 Å². The van der Waals surface area contributed by atoms with Crippen LogP contribution in [-0.4, -0.2) is 31.8 Å². The van der Waals surface area contributed by atoms with Gasteiger partial charge in [0.25, 0.3) is 0 Å². The topological polar surface area (TPSA) is 74.4 Å². The Morgan fingerprint density at radius 3 is 2.81 bits per heavy atom. The molecule has 1 aromatic rings. The van der Waals surface area contributed by atoms with Crippen molar-refractivity contribution in [1.82, 2.24) is 4.98 Å². The lowest BCUT2D eigenvalue weighted by molar-refractivity contribution is 0.0596. The predicted octanol–water partition coefficient (Wildman–Crippen LogP) is 1.34. The largest absolute Gasteiger partial charge is 0.464 e. The fraction of sp³-hybridized carbons (Fsp3) is 0.600. The number of esters is 1. The van der Waals surface area contributed by atoms with Gasteiger partial charge < -0.3 is 15.2 Å². The second-order valence-electron chi connectivity index (χ2n) is 3.58. The molecule has 90 valence electrons. The van der Waals surface area contributed by atoms with E-state index < -0.39 is 5.97 Å². The van der Waals surface area contributed by atoms with Gasteiger partial charge in [-0.3, -0.25) is 0 Å². The van der Waals surface area contributed by atoms with Gasteiger partial charge in [-0.2, -0.15) is 0 Å². The van der Waals surface area contributed by atoms with Gasteiger partial charge in [0.05, 0.1) is 12.1 Å². The number of nitrogen functional groups attached to an aromatic ring is 1. The zero-order valence-corrected chi connectivity index (χ0v) is 10.5. The maximum Gasteiger partial charge on any atom is 0.359 e. The third kappa shape index (κ3) is 3.18. The van der Waals surface area contributed by atoms with Gasteiger partial charge in [-0.25, -0.2) is 9.78 Å². The van der Waals surface area contributed by atoms with E-state index in [1.165, 1.54) is 18.4 Å². The SMILES string of the molecule is COCC(C)Cc1nc(C(=O)OC)c(N)s1. The molecule has 16 heavy (non-hydrogen) atoms. The Labute approximate surface area is 98.6 Å². The molecule has 0 saturated carbocycles. The average molecular weight is 244 g/mol. The Bertz CT molecular complexity index is 365. The highest BCUT2D eigenvalue weighted by atomic mass is 32.1. The molecular formula is C10H16N2O3S. The fourth-order valence-corrected chi connectivity index (χ4v) is 2.33. The van der Waals surface area contributed by atoms with E-state index >= 15 is 0 Å². The molecular weight excluding hydrogens is 228 g/mol. The molecule has 0 aliphatic rings. The molecule has 1 aromatic heterocycles. The van der Waals surface area contributed by atoms with Crippen LogP contribution in [-0.2, 0) is 15.9 Å². The minimum Gasteiger partial charge on any atom is -0.464 e. The highest BCUT2D eigenvalue weighted by Gasteiger charge is 2.17. The van der Waals surface area contributed by atoms with E-state index in [2.05, 4.69) is 16.6 Å². The van der Waals surface area contributed by atoms with E-state index in [9.17, 15) is 4.79 Å². The smallest absolute Gasteiger partial charge is 0.359 e. The van der Waals surface area contributed by atoms with Crippen molar-refractivity contribution in [3.8, 4) is 0 Å². The second-order valence-corrected chi connectivity index (χ2v) is 4.69. The second kappa shape index (κ2) is 5.81. The van der Waals surface area contributed by atoms with Crippen LogP contribution in [0.25, 0.3) is 0 Å². The predicted molar refractivity (Wildman–Crippen MR) is 62.6 cm³/mol. The van der Waals surface area contributed by atoms with Crippen molar-refractivity contribution in [2.24, 2.45) is 5.92 Å². The number of anilines is 1. The summed E-state index contributed by atoms with van der Waals surface area (Å²) in [6.45, 7) is 2.71. The minimum atomic E-state index is -0.487. The Hall–Kier alpha value is -1.14. The third-order valence-corrected chi connectivity index (χ3v) is 2.96. The monoisotopic (exact) mass is 244 g/mol. The number of aromatic nitrogens is 1.